The number of fused-ring (bicyclic) bond motifs is 1. The lowest BCUT2D eigenvalue weighted by Crippen LogP contribution is -2.31. The number of halogens is 1. The second-order valence-electron chi connectivity index (χ2n) is 8.31. The zero-order chi connectivity index (χ0) is 23.6. The highest BCUT2D eigenvalue weighted by Gasteiger charge is 2.14. The van der Waals surface area contributed by atoms with Crippen LogP contribution in [-0.2, 0) is 6.54 Å². The molecular weight excluding hydrogens is 434 g/mol. The minimum atomic E-state index is -0.432. The molecule has 2 heterocycles. The van der Waals surface area contributed by atoms with E-state index in [0.29, 0.717) is 23.2 Å². The minimum Gasteiger partial charge on any atom is -0.366 e. The summed E-state index contributed by atoms with van der Waals surface area (Å²) in [5, 5.41) is 1.39. The van der Waals surface area contributed by atoms with Crippen LogP contribution in [-0.4, -0.2) is 45.0 Å². The van der Waals surface area contributed by atoms with E-state index in [0.717, 1.165) is 61.9 Å². The summed E-state index contributed by atoms with van der Waals surface area (Å²) in [4.78, 5) is 22.3. The van der Waals surface area contributed by atoms with Crippen LogP contribution in [0, 0.1) is 17.8 Å². The van der Waals surface area contributed by atoms with Crippen molar-refractivity contribution in [2.24, 2.45) is 11.7 Å². The summed E-state index contributed by atoms with van der Waals surface area (Å²) >= 11 is 6.19. The van der Waals surface area contributed by atoms with Crippen LogP contribution in [0.15, 0.2) is 42.9 Å². The average Bonchev–Trinajstić information content (AvgIpc) is 3.24. The first-order valence-electron chi connectivity index (χ1n) is 11.6. The van der Waals surface area contributed by atoms with Crippen LogP contribution < -0.4 is 5.73 Å². The zero-order valence-corrected chi connectivity index (χ0v) is 20.2. The van der Waals surface area contributed by atoms with Crippen LogP contribution in [0.2, 0.25) is 5.15 Å². The molecule has 1 unspecified atom stereocenters. The van der Waals surface area contributed by atoms with Gasteiger partial charge in [-0.2, -0.15) is 0 Å². The van der Waals surface area contributed by atoms with Crippen LogP contribution >= 0.6 is 11.6 Å². The molecule has 1 amide bonds. The third kappa shape index (κ3) is 7.05. The van der Waals surface area contributed by atoms with E-state index < -0.39 is 5.91 Å². The Bertz CT molecular complexity index is 1130. The van der Waals surface area contributed by atoms with Crippen molar-refractivity contribution in [3.05, 3.63) is 59.1 Å². The highest BCUT2D eigenvalue weighted by atomic mass is 35.5. The summed E-state index contributed by atoms with van der Waals surface area (Å²) < 4.78 is 2.16. The molecule has 3 aromatic rings. The van der Waals surface area contributed by atoms with Gasteiger partial charge in [-0.3, -0.25) is 9.69 Å². The first kappa shape index (κ1) is 24.8. The van der Waals surface area contributed by atoms with Crippen molar-refractivity contribution in [2.75, 3.05) is 19.6 Å². The Labute approximate surface area is 201 Å². The Morgan fingerprint density at radius 2 is 2.12 bits per heavy atom. The smallest absolute Gasteiger partial charge is 0.248 e. The monoisotopic (exact) mass is 465 g/mol. The molecule has 0 saturated heterocycles. The molecule has 0 aliphatic carbocycles. The number of nitrogens with zero attached hydrogens (tertiary/aromatic N) is 4. The van der Waals surface area contributed by atoms with Crippen LogP contribution in [0.4, 0.5) is 0 Å². The number of benzene rings is 1. The fourth-order valence-corrected chi connectivity index (χ4v) is 4.08. The van der Waals surface area contributed by atoms with Gasteiger partial charge in [0.05, 0.1) is 11.9 Å². The minimum absolute atomic E-state index is 0.432. The number of rotatable bonds is 11. The summed E-state index contributed by atoms with van der Waals surface area (Å²) in [6.45, 7) is 8.08. The van der Waals surface area contributed by atoms with Gasteiger partial charge in [0.15, 0.2) is 0 Å². The predicted octanol–water partition coefficient (Wildman–Crippen LogP) is 4.75. The highest BCUT2D eigenvalue weighted by Crippen LogP contribution is 2.21. The predicted molar refractivity (Wildman–Crippen MR) is 134 cm³/mol. The maximum Gasteiger partial charge on any atom is 0.248 e. The van der Waals surface area contributed by atoms with Crippen molar-refractivity contribution < 1.29 is 4.79 Å². The lowest BCUT2D eigenvalue weighted by molar-refractivity contribution is 0.1000. The summed E-state index contributed by atoms with van der Waals surface area (Å²) in [7, 11) is 0. The first-order valence-corrected chi connectivity index (χ1v) is 12.0. The Balaban J connectivity index is 1.62. The fraction of sp³-hybridized carbons (Fsp3) is 0.423. The maximum atomic E-state index is 11.4. The van der Waals surface area contributed by atoms with Gasteiger partial charge in [0.2, 0.25) is 5.91 Å². The van der Waals surface area contributed by atoms with Crippen LogP contribution in [0.5, 0.6) is 0 Å². The molecule has 2 N–H and O–H groups in total. The highest BCUT2D eigenvalue weighted by molar-refractivity contribution is 6.33. The standard InChI is InChI=1S/C26H32ClN5O/c1-3-5-13-31(14-7-9-21-8-6-10-22(17-21)25(28)33)18-20(4-2)11-15-32-16-12-23-24(27)29-19-30-26(23)32/h6,8,10,12,16-17,19-20H,3-5,11,13-15,18H2,1-2H3,(H2,28,33). The molecule has 1 atom stereocenters. The van der Waals surface area contributed by atoms with Gasteiger partial charge in [0.1, 0.15) is 17.1 Å². The molecule has 7 heteroatoms. The lowest BCUT2D eigenvalue weighted by Gasteiger charge is -2.25. The van der Waals surface area contributed by atoms with Crippen molar-refractivity contribution in [3.8, 4) is 11.8 Å². The van der Waals surface area contributed by atoms with E-state index >= 15 is 0 Å². The number of aryl methyl sites for hydroxylation is 1. The van der Waals surface area contributed by atoms with Gasteiger partial charge in [0, 0.05) is 30.4 Å². The topological polar surface area (TPSA) is 77.0 Å². The van der Waals surface area contributed by atoms with Gasteiger partial charge in [-0.25, -0.2) is 9.97 Å². The van der Waals surface area contributed by atoms with Gasteiger partial charge in [-0.1, -0.05) is 56.2 Å². The summed E-state index contributed by atoms with van der Waals surface area (Å²) in [5.41, 5.74) is 7.56. The van der Waals surface area contributed by atoms with E-state index in [9.17, 15) is 4.79 Å². The van der Waals surface area contributed by atoms with Crippen molar-refractivity contribution >= 4 is 28.5 Å². The number of hydrogen-bond donors (Lipinski definition) is 1. The van der Waals surface area contributed by atoms with Gasteiger partial charge >= 0.3 is 0 Å². The van der Waals surface area contributed by atoms with E-state index in [1.165, 1.54) is 6.33 Å². The SMILES string of the molecule is CCCCN(CC#Cc1cccc(C(N)=O)c1)CC(CC)CCn1ccc2c(Cl)ncnc21. The first-order chi connectivity index (χ1) is 16.0. The molecule has 0 saturated carbocycles. The molecule has 0 spiro atoms. The third-order valence-corrected chi connectivity index (χ3v) is 6.19. The van der Waals surface area contributed by atoms with Crippen LogP contribution in [0.25, 0.3) is 11.0 Å². The number of carbonyl (C=O) groups excluding carboxylic acids is 1. The Morgan fingerprint density at radius 1 is 1.27 bits per heavy atom. The summed E-state index contributed by atoms with van der Waals surface area (Å²) in [6.07, 6.45) is 8.01. The number of carbonyl (C=O) groups is 1. The van der Waals surface area contributed by atoms with E-state index in [-0.39, 0.29) is 0 Å². The fourth-order valence-electron chi connectivity index (χ4n) is 3.88. The molecule has 6 nitrogen and oxygen atoms in total. The maximum absolute atomic E-state index is 11.4. The van der Waals surface area contributed by atoms with Crippen LogP contribution in [0.3, 0.4) is 0 Å². The van der Waals surface area contributed by atoms with Crippen LogP contribution in [0.1, 0.15) is 55.5 Å². The van der Waals surface area contributed by atoms with Gasteiger partial charge in [-0.05, 0) is 49.6 Å². The van der Waals surface area contributed by atoms with E-state index in [1.807, 2.05) is 24.4 Å². The van der Waals surface area contributed by atoms with E-state index in [1.54, 1.807) is 12.1 Å². The number of amides is 1. The van der Waals surface area contributed by atoms with Gasteiger partial charge in [-0.15, -0.1) is 0 Å². The molecule has 33 heavy (non-hydrogen) atoms. The Kier molecular flexibility index (Phi) is 9.29. The van der Waals surface area contributed by atoms with Gasteiger partial charge in [0.25, 0.3) is 0 Å². The Hall–Kier alpha value is -2.88. The summed E-state index contributed by atoms with van der Waals surface area (Å²) in [6, 6.07) is 9.16. The number of primary amides is 1. The molecule has 0 bridgehead atoms. The lowest BCUT2D eigenvalue weighted by atomic mass is 10.0. The quantitative estimate of drug-likeness (QED) is 0.327. The zero-order valence-electron chi connectivity index (χ0n) is 19.4. The van der Waals surface area contributed by atoms with Crippen molar-refractivity contribution in [3.63, 3.8) is 0 Å². The number of hydrogen-bond acceptors (Lipinski definition) is 4. The molecular formula is C26H32ClN5O. The second kappa shape index (κ2) is 12.4. The van der Waals surface area contributed by atoms with Gasteiger partial charge < -0.3 is 10.3 Å². The van der Waals surface area contributed by atoms with Crippen molar-refractivity contribution in [1.82, 2.24) is 19.4 Å². The molecule has 0 radical (unpaired) electrons. The Morgan fingerprint density at radius 3 is 2.88 bits per heavy atom. The number of aromatic nitrogens is 3. The molecule has 0 aliphatic rings. The number of nitrogens with two attached hydrogens (primary N) is 1. The molecule has 0 fully saturated rings. The molecule has 174 valence electrons. The normalized spacial score (nSPS) is 12.0. The average molecular weight is 466 g/mol. The molecule has 1 aromatic carbocycles. The molecule has 3 rings (SSSR count). The second-order valence-corrected chi connectivity index (χ2v) is 8.67. The number of unbranched alkanes of at least 4 members (excludes halogenated alkanes) is 1. The largest absolute Gasteiger partial charge is 0.366 e. The van der Waals surface area contributed by atoms with E-state index in [2.05, 4.69) is 45.1 Å². The summed E-state index contributed by atoms with van der Waals surface area (Å²) in [5.74, 6) is 6.60. The molecule has 0 aliphatic heterocycles. The van der Waals surface area contributed by atoms with Crippen molar-refractivity contribution in [1.29, 1.82) is 0 Å². The van der Waals surface area contributed by atoms with E-state index in [4.69, 9.17) is 17.3 Å². The third-order valence-electron chi connectivity index (χ3n) is 5.89. The van der Waals surface area contributed by atoms with Crippen molar-refractivity contribution in [2.45, 2.75) is 46.1 Å². The molecule has 2 aromatic heterocycles.